The van der Waals surface area contributed by atoms with Crippen LogP contribution < -0.4 is 10.6 Å². The fourth-order valence-electron chi connectivity index (χ4n) is 2.52. The molecule has 98 valence electrons. The second-order valence-corrected chi connectivity index (χ2v) is 4.91. The lowest BCUT2D eigenvalue weighted by molar-refractivity contribution is -0.120. The molecule has 0 saturated carbocycles. The summed E-state index contributed by atoms with van der Waals surface area (Å²) in [6.07, 6.45) is 3.77. The number of rotatable bonds is 2. The lowest BCUT2D eigenvalue weighted by atomic mass is 9.98. The summed E-state index contributed by atoms with van der Waals surface area (Å²) < 4.78 is 0. The third-order valence-corrected chi connectivity index (χ3v) is 3.56. The van der Waals surface area contributed by atoms with Crippen LogP contribution in [-0.2, 0) is 4.79 Å². The molecular weight excluding hydrogens is 238 g/mol. The highest BCUT2D eigenvalue weighted by Crippen LogP contribution is 2.22. The Kier molecular flexibility index (Phi) is 3.42. The molecule has 0 radical (unpaired) electrons. The third kappa shape index (κ3) is 2.58. The Balaban J connectivity index is 1.82. The minimum Gasteiger partial charge on any atom is -0.324 e. The van der Waals surface area contributed by atoms with E-state index in [9.17, 15) is 4.79 Å². The van der Waals surface area contributed by atoms with Crippen molar-refractivity contribution in [1.29, 1.82) is 0 Å². The summed E-state index contributed by atoms with van der Waals surface area (Å²) >= 11 is 0. The van der Waals surface area contributed by atoms with Crippen molar-refractivity contribution in [3.8, 4) is 0 Å². The largest absolute Gasteiger partial charge is 0.324 e. The van der Waals surface area contributed by atoms with Gasteiger partial charge < -0.3 is 10.6 Å². The highest BCUT2D eigenvalue weighted by Gasteiger charge is 2.21. The van der Waals surface area contributed by atoms with E-state index in [2.05, 4.69) is 15.6 Å². The summed E-state index contributed by atoms with van der Waals surface area (Å²) in [4.78, 5) is 16.6. The van der Waals surface area contributed by atoms with Gasteiger partial charge in [0.25, 0.3) is 0 Å². The number of hydrogen-bond donors (Lipinski definition) is 2. The van der Waals surface area contributed by atoms with Crippen molar-refractivity contribution < 1.29 is 4.79 Å². The monoisotopic (exact) mass is 255 g/mol. The van der Waals surface area contributed by atoms with Gasteiger partial charge in [0.1, 0.15) is 0 Å². The van der Waals surface area contributed by atoms with E-state index in [1.165, 1.54) is 0 Å². The summed E-state index contributed by atoms with van der Waals surface area (Å²) in [5, 5.41) is 7.32. The van der Waals surface area contributed by atoms with Crippen LogP contribution >= 0.6 is 0 Å². The van der Waals surface area contributed by atoms with Gasteiger partial charge in [0.05, 0.1) is 17.1 Å². The molecule has 2 N–H and O–H groups in total. The summed E-state index contributed by atoms with van der Waals surface area (Å²) in [7, 11) is 0. The highest BCUT2D eigenvalue weighted by atomic mass is 16.1. The Morgan fingerprint density at radius 3 is 3.05 bits per heavy atom. The Hall–Kier alpha value is -1.94. The SMILES string of the molecule is O=C(Nc1cccc2cccnc12)C1CCCNC1. The molecule has 2 aromatic rings. The second-order valence-electron chi connectivity index (χ2n) is 4.91. The van der Waals surface area contributed by atoms with Crippen LogP contribution in [0.2, 0.25) is 0 Å². The predicted octanol–water partition coefficient (Wildman–Crippen LogP) is 2.17. The number of carbonyl (C=O) groups is 1. The van der Waals surface area contributed by atoms with Gasteiger partial charge in [-0.3, -0.25) is 9.78 Å². The number of benzene rings is 1. The van der Waals surface area contributed by atoms with Crippen molar-refractivity contribution in [2.45, 2.75) is 12.8 Å². The molecule has 1 aliphatic rings. The third-order valence-electron chi connectivity index (χ3n) is 3.56. The maximum absolute atomic E-state index is 12.2. The summed E-state index contributed by atoms with van der Waals surface area (Å²) in [5.41, 5.74) is 1.65. The lowest BCUT2D eigenvalue weighted by Gasteiger charge is -2.22. The lowest BCUT2D eigenvalue weighted by Crippen LogP contribution is -2.37. The molecule has 0 bridgehead atoms. The number of piperidine rings is 1. The van der Waals surface area contributed by atoms with Gasteiger partial charge in [0.2, 0.25) is 5.91 Å². The first kappa shape index (κ1) is 12.1. The number of nitrogens with zero attached hydrogens (tertiary/aromatic N) is 1. The quantitative estimate of drug-likeness (QED) is 0.864. The number of hydrogen-bond acceptors (Lipinski definition) is 3. The zero-order valence-electron chi connectivity index (χ0n) is 10.7. The second kappa shape index (κ2) is 5.36. The van der Waals surface area contributed by atoms with Crippen LogP contribution in [-0.4, -0.2) is 24.0 Å². The van der Waals surface area contributed by atoms with Crippen molar-refractivity contribution in [3.05, 3.63) is 36.5 Å². The van der Waals surface area contributed by atoms with Crippen molar-refractivity contribution in [2.75, 3.05) is 18.4 Å². The van der Waals surface area contributed by atoms with Crippen LogP contribution in [0.5, 0.6) is 0 Å². The average molecular weight is 255 g/mol. The number of fused-ring (bicyclic) bond motifs is 1. The van der Waals surface area contributed by atoms with E-state index in [1.807, 2.05) is 30.3 Å². The smallest absolute Gasteiger partial charge is 0.228 e. The zero-order chi connectivity index (χ0) is 13.1. The normalized spacial score (nSPS) is 19.3. The van der Waals surface area contributed by atoms with Gasteiger partial charge in [-0.1, -0.05) is 18.2 Å². The molecule has 4 heteroatoms. The van der Waals surface area contributed by atoms with E-state index in [-0.39, 0.29) is 11.8 Å². The molecule has 0 spiro atoms. The van der Waals surface area contributed by atoms with Gasteiger partial charge in [0, 0.05) is 18.1 Å². The molecule has 4 nitrogen and oxygen atoms in total. The first-order chi connectivity index (χ1) is 9.34. The van der Waals surface area contributed by atoms with E-state index in [0.29, 0.717) is 0 Å². The Morgan fingerprint density at radius 2 is 2.21 bits per heavy atom. The maximum Gasteiger partial charge on any atom is 0.228 e. The molecule has 1 aliphatic heterocycles. The van der Waals surface area contributed by atoms with Crippen LogP contribution in [0.4, 0.5) is 5.69 Å². The predicted molar refractivity (Wildman–Crippen MR) is 76.0 cm³/mol. The molecule has 0 aliphatic carbocycles. The van der Waals surface area contributed by atoms with Gasteiger partial charge in [-0.15, -0.1) is 0 Å². The first-order valence-electron chi connectivity index (χ1n) is 6.70. The Morgan fingerprint density at radius 1 is 1.32 bits per heavy atom. The van der Waals surface area contributed by atoms with Crippen LogP contribution in [0.15, 0.2) is 36.5 Å². The highest BCUT2D eigenvalue weighted by molar-refractivity contribution is 6.01. The average Bonchev–Trinajstić information content (AvgIpc) is 2.48. The number of para-hydroxylation sites is 1. The van der Waals surface area contributed by atoms with Crippen LogP contribution in [0.3, 0.4) is 0 Å². The molecular formula is C15H17N3O. The molecule has 19 heavy (non-hydrogen) atoms. The fraction of sp³-hybridized carbons (Fsp3) is 0.333. The topological polar surface area (TPSA) is 54.0 Å². The number of amides is 1. The Bertz CT molecular complexity index is 585. The van der Waals surface area contributed by atoms with Crippen molar-refractivity contribution in [1.82, 2.24) is 10.3 Å². The van der Waals surface area contributed by atoms with E-state index >= 15 is 0 Å². The molecule has 1 aromatic carbocycles. The summed E-state index contributed by atoms with van der Waals surface area (Å²) in [6.45, 7) is 1.78. The van der Waals surface area contributed by atoms with Crippen LogP contribution in [0.1, 0.15) is 12.8 Å². The Labute approximate surface area is 112 Å². The van der Waals surface area contributed by atoms with E-state index in [4.69, 9.17) is 0 Å². The van der Waals surface area contributed by atoms with Crippen molar-refractivity contribution >= 4 is 22.5 Å². The molecule has 1 saturated heterocycles. The van der Waals surface area contributed by atoms with Gasteiger partial charge in [-0.05, 0) is 31.5 Å². The van der Waals surface area contributed by atoms with Crippen molar-refractivity contribution in [2.24, 2.45) is 5.92 Å². The maximum atomic E-state index is 12.2. The summed E-state index contributed by atoms with van der Waals surface area (Å²) in [6, 6.07) is 9.75. The number of carbonyl (C=O) groups excluding carboxylic acids is 1. The standard InChI is InChI=1S/C15H17N3O/c19-15(12-6-2-8-16-10-12)18-13-7-1-4-11-5-3-9-17-14(11)13/h1,3-5,7,9,12,16H,2,6,8,10H2,(H,18,19). The van der Waals surface area contributed by atoms with Gasteiger partial charge in [-0.25, -0.2) is 0 Å². The number of pyridine rings is 1. The van der Waals surface area contributed by atoms with E-state index < -0.39 is 0 Å². The number of anilines is 1. The molecule has 1 aromatic heterocycles. The minimum absolute atomic E-state index is 0.0627. The van der Waals surface area contributed by atoms with Crippen LogP contribution in [0.25, 0.3) is 10.9 Å². The molecule has 1 unspecified atom stereocenters. The molecule has 1 fully saturated rings. The van der Waals surface area contributed by atoms with Gasteiger partial charge >= 0.3 is 0 Å². The molecule has 2 heterocycles. The minimum atomic E-state index is 0.0627. The van der Waals surface area contributed by atoms with Gasteiger partial charge in [0.15, 0.2) is 0 Å². The fourth-order valence-corrected chi connectivity index (χ4v) is 2.52. The number of aromatic nitrogens is 1. The summed E-state index contributed by atoms with van der Waals surface area (Å²) in [5.74, 6) is 0.151. The molecule has 3 rings (SSSR count). The van der Waals surface area contributed by atoms with Crippen LogP contribution in [0, 0.1) is 5.92 Å². The first-order valence-corrected chi connectivity index (χ1v) is 6.70. The van der Waals surface area contributed by atoms with Crippen molar-refractivity contribution in [3.63, 3.8) is 0 Å². The number of nitrogens with one attached hydrogen (secondary N) is 2. The zero-order valence-corrected chi connectivity index (χ0v) is 10.7. The van der Waals surface area contributed by atoms with E-state index in [1.54, 1.807) is 6.20 Å². The van der Waals surface area contributed by atoms with Gasteiger partial charge in [-0.2, -0.15) is 0 Å². The van der Waals surface area contributed by atoms with E-state index in [0.717, 1.165) is 42.5 Å². The molecule has 1 amide bonds. The molecule has 1 atom stereocenters.